The lowest BCUT2D eigenvalue weighted by atomic mass is 10.2. The zero-order valence-corrected chi connectivity index (χ0v) is 12.6. The Kier molecular flexibility index (Phi) is 3.88. The summed E-state index contributed by atoms with van der Waals surface area (Å²) in [7, 11) is 0. The van der Waals surface area contributed by atoms with E-state index < -0.39 is 11.9 Å². The maximum Gasteiger partial charge on any atom is 0.407 e. The lowest BCUT2D eigenvalue weighted by Crippen LogP contribution is -2.48. The molecule has 1 aliphatic heterocycles. The van der Waals surface area contributed by atoms with Crippen LogP contribution in [0.5, 0.6) is 0 Å². The number of amides is 1. The zero-order valence-electron chi connectivity index (χ0n) is 11.1. The number of hydrogen-bond donors (Lipinski definition) is 1. The van der Waals surface area contributed by atoms with E-state index in [4.69, 9.17) is 28.3 Å². The van der Waals surface area contributed by atoms with Crippen molar-refractivity contribution < 1.29 is 14.3 Å². The average Bonchev–Trinajstić information content (AvgIpc) is 2.51. The average molecular weight is 346 g/mol. The van der Waals surface area contributed by atoms with E-state index in [1.165, 1.54) is 11.1 Å². The highest BCUT2D eigenvalue weighted by Gasteiger charge is 2.24. The fourth-order valence-corrected chi connectivity index (χ4v) is 2.65. The molecule has 1 N–H and O–H groups in total. The minimum absolute atomic E-state index is 0.00401. The van der Waals surface area contributed by atoms with E-state index in [0.29, 0.717) is 37.4 Å². The molecule has 0 unspecified atom stereocenters. The van der Waals surface area contributed by atoms with Crippen molar-refractivity contribution in [2.24, 2.45) is 0 Å². The summed E-state index contributed by atoms with van der Waals surface area (Å²) in [4.78, 5) is 25.8. The summed E-state index contributed by atoms with van der Waals surface area (Å²) in [6.45, 7) is 1.47. The number of hydrogen-bond acceptors (Lipinski definition) is 5. The monoisotopic (exact) mass is 345 g/mol. The zero-order chi connectivity index (χ0) is 15.9. The van der Waals surface area contributed by atoms with Crippen molar-refractivity contribution in [1.82, 2.24) is 19.9 Å². The highest BCUT2D eigenvalue weighted by atomic mass is 35.5. The third-order valence-corrected chi connectivity index (χ3v) is 3.88. The van der Waals surface area contributed by atoms with Gasteiger partial charge in [0.05, 0.1) is 5.39 Å². The summed E-state index contributed by atoms with van der Waals surface area (Å²) in [5.74, 6) is -0.336. The highest BCUT2D eigenvalue weighted by molar-refractivity contribution is 6.30. The molecule has 0 aromatic carbocycles. The van der Waals surface area contributed by atoms with Crippen LogP contribution in [-0.2, 0) is 0 Å². The molecule has 2 aromatic heterocycles. The number of pyridine rings is 1. The molecule has 0 aliphatic carbocycles. The quantitative estimate of drug-likeness (QED) is 0.630. The molecule has 116 valence electrons. The molecule has 0 saturated carbocycles. The number of nitrogens with zero attached hydrogens (tertiary/aromatic N) is 5. The second kappa shape index (κ2) is 5.69. The molecule has 1 amide bonds. The van der Waals surface area contributed by atoms with Crippen LogP contribution < -0.4 is 4.90 Å². The third kappa shape index (κ3) is 2.59. The Hall–Kier alpha value is -1.93. The molecule has 3 heterocycles. The van der Waals surface area contributed by atoms with Gasteiger partial charge in [0.15, 0.2) is 11.0 Å². The normalized spacial score (nSPS) is 15.4. The number of rotatable bonds is 1. The Morgan fingerprint density at radius 3 is 2.55 bits per heavy atom. The Morgan fingerprint density at radius 1 is 1.23 bits per heavy atom. The second-order valence-corrected chi connectivity index (χ2v) is 5.39. The van der Waals surface area contributed by atoms with Crippen LogP contribution in [-0.4, -0.2) is 57.2 Å². The van der Waals surface area contributed by atoms with Crippen LogP contribution in [0.25, 0.3) is 10.9 Å². The van der Waals surface area contributed by atoms with Gasteiger partial charge in [-0.3, -0.25) is 0 Å². The van der Waals surface area contributed by atoms with Crippen molar-refractivity contribution in [3.8, 4) is 0 Å². The fourth-order valence-electron chi connectivity index (χ4n) is 2.34. The van der Waals surface area contributed by atoms with Gasteiger partial charge in [0.1, 0.15) is 11.3 Å². The topological polar surface area (TPSA) is 82.5 Å². The first-order chi connectivity index (χ1) is 10.5. The van der Waals surface area contributed by atoms with Crippen molar-refractivity contribution in [3.05, 3.63) is 22.5 Å². The smallest absolute Gasteiger partial charge is 0.407 e. The Morgan fingerprint density at radius 2 is 1.91 bits per heavy atom. The number of piperazine rings is 1. The maximum absolute atomic E-state index is 14.0. The maximum atomic E-state index is 14.0. The molecular weight excluding hydrogens is 336 g/mol. The standard InChI is InChI=1S/C12H10Cl2FN5O2/c13-9-7(15)8-6(5-16-9)10(18-11(14)17-8)19-1-3-20(4-2-19)12(21)22/h5H,1-4H2,(H,21,22). The minimum Gasteiger partial charge on any atom is -0.465 e. The van der Waals surface area contributed by atoms with E-state index in [9.17, 15) is 9.18 Å². The molecule has 22 heavy (non-hydrogen) atoms. The minimum atomic E-state index is -0.968. The van der Waals surface area contributed by atoms with E-state index in [-0.39, 0.29) is 16.0 Å². The Labute approximate surface area is 134 Å². The Balaban J connectivity index is 2.01. The van der Waals surface area contributed by atoms with Crippen molar-refractivity contribution in [1.29, 1.82) is 0 Å². The van der Waals surface area contributed by atoms with Gasteiger partial charge in [-0.15, -0.1) is 0 Å². The molecule has 3 rings (SSSR count). The summed E-state index contributed by atoms with van der Waals surface area (Å²) < 4.78 is 14.0. The molecule has 0 spiro atoms. The molecular formula is C12H10Cl2FN5O2. The number of carboxylic acid groups (broad SMARTS) is 1. The lowest BCUT2D eigenvalue weighted by molar-refractivity contribution is 0.142. The Bertz CT molecular complexity index is 752. The van der Waals surface area contributed by atoms with Gasteiger partial charge in [-0.25, -0.2) is 19.2 Å². The van der Waals surface area contributed by atoms with Crippen molar-refractivity contribution in [3.63, 3.8) is 0 Å². The van der Waals surface area contributed by atoms with Crippen LogP contribution in [0.3, 0.4) is 0 Å². The van der Waals surface area contributed by atoms with E-state index >= 15 is 0 Å². The molecule has 7 nitrogen and oxygen atoms in total. The number of carbonyl (C=O) groups is 1. The van der Waals surface area contributed by atoms with Gasteiger partial charge >= 0.3 is 6.09 Å². The van der Waals surface area contributed by atoms with Gasteiger partial charge < -0.3 is 14.9 Å². The van der Waals surface area contributed by atoms with E-state index in [2.05, 4.69) is 15.0 Å². The number of halogens is 3. The molecule has 0 atom stereocenters. The van der Waals surface area contributed by atoms with Crippen LogP contribution in [0, 0.1) is 5.82 Å². The molecule has 0 bridgehead atoms. The van der Waals surface area contributed by atoms with Crippen LogP contribution in [0.4, 0.5) is 15.0 Å². The molecule has 1 aliphatic rings. The first-order valence-corrected chi connectivity index (χ1v) is 7.13. The van der Waals surface area contributed by atoms with Crippen LogP contribution >= 0.6 is 23.2 Å². The van der Waals surface area contributed by atoms with Crippen LogP contribution in [0.2, 0.25) is 10.4 Å². The van der Waals surface area contributed by atoms with Crippen molar-refractivity contribution >= 4 is 46.0 Å². The summed E-state index contributed by atoms with van der Waals surface area (Å²) in [5.41, 5.74) is -0.00401. The van der Waals surface area contributed by atoms with E-state index in [1.807, 2.05) is 4.90 Å². The highest BCUT2D eigenvalue weighted by Crippen LogP contribution is 2.29. The SMILES string of the molecule is O=C(O)N1CCN(c2nc(Cl)nc3c(F)c(Cl)ncc23)CC1. The number of anilines is 1. The predicted octanol–water partition coefficient (Wildman–Crippen LogP) is 2.27. The number of fused-ring (bicyclic) bond motifs is 1. The van der Waals surface area contributed by atoms with Gasteiger partial charge in [-0.05, 0) is 11.6 Å². The first kappa shape index (κ1) is 15.0. The molecule has 0 radical (unpaired) electrons. The lowest BCUT2D eigenvalue weighted by Gasteiger charge is -2.34. The molecule has 2 aromatic rings. The fraction of sp³-hybridized carbons (Fsp3) is 0.333. The summed E-state index contributed by atoms with van der Waals surface area (Å²) in [5, 5.41) is 8.95. The van der Waals surface area contributed by atoms with Gasteiger partial charge in [-0.1, -0.05) is 11.6 Å². The van der Waals surface area contributed by atoms with Crippen LogP contribution in [0.15, 0.2) is 6.20 Å². The van der Waals surface area contributed by atoms with Crippen LogP contribution in [0.1, 0.15) is 0 Å². The predicted molar refractivity (Wildman–Crippen MR) is 79.1 cm³/mol. The summed E-state index contributed by atoms with van der Waals surface area (Å²) >= 11 is 11.5. The molecule has 10 heteroatoms. The van der Waals surface area contributed by atoms with E-state index in [1.54, 1.807) is 0 Å². The molecule has 1 fully saturated rings. The van der Waals surface area contributed by atoms with Gasteiger partial charge in [-0.2, -0.15) is 4.98 Å². The second-order valence-electron chi connectivity index (χ2n) is 4.70. The van der Waals surface area contributed by atoms with E-state index in [0.717, 1.165) is 0 Å². The summed E-state index contributed by atoms with van der Waals surface area (Å²) in [6.07, 6.45) is 0.417. The van der Waals surface area contributed by atoms with Crippen molar-refractivity contribution in [2.75, 3.05) is 31.1 Å². The number of aromatic nitrogens is 3. The first-order valence-electron chi connectivity index (χ1n) is 6.37. The largest absolute Gasteiger partial charge is 0.465 e. The van der Waals surface area contributed by atoms with Crippen molar-refractivity contribution in [2.45, 2.75) is 0 Å². The van der Waals surface area contributed by atoms with Gasteiger partial charge in [0.25, 0.3) is 0 Å². The third-order valence-electron chi connectivity index (χ3n) is 3.44. The summed E-state index contributed by atoms with van der Waals surface area (Å²) in [6, 6.07) is 0. The van der Waals surface area contributed by atoms with Gasteiger partial charge in [0, 0.05) is 32.4 Å². The van der Waals surface area contributed by atoms with Gasteiger partial charge in [0.2, 0.25) is 5.28 Å². The molecule has 1 saturated heterocycles.